The molecule has 0 aliphatic heterocycles. The van der Waals surface area contributed by atoms with E-state index in [0.717, 1.165) is 0 Å². The first kappa shape index (κ1) is 13.7. The van der Waals surface area contributed by atoms with Gasteiger partial charge in [0.15, 0.2) is 0 Å². The average Bonchev–Trinajstić information content (AvgIpc) is 2.34. The molecule has 0 saturated heterocycles. The Balaban J connectivity index is 2.89. The Morgan fingerprint density at radius 1 is 1.28 bits per heavy atom. The number of carbonyl (C=O) groups excluding carboxylic acids is 2. The Labute approximate surface area is 104 Å². The van der Waals surface area contributed by atoms with E-state index in [-0.39, 0.29) is 23.9 Å². The van der Waals surface area contributed by atoms with Crippen molar-refractivity contribution in [3.8, 4) is 0 Å². The van der Waals surface area contributed by atoms with Gasteiger partial charge in [-0.15, -0.1) is 0 Å². The molecule has 0 fully saturated rings. The third-order valence-electron chi connectivity index (χ3n) is 2.36. The van der Waals surface area contributed by atoms with E-state index in [9.17, 15) is 14.4 Å². The number of rotatable bonds is 4. The molecule has 0 bridgehead atoms. The van der Waals surface area contributed by atoms with Gasteiger partial charge in [0.1, 0.15) is 0 Å². The van der Waals surface area contributed by atoms with Crippen LogP contribution in [0.3, 0.4) is 0 Å². The van der Waals surface area contributed by atoms with Crippen LogP contribution < -0.4 is 10.2 Å². The Morgan fingerprint density at radius 2 is 1.89 bits per heavy atom. The van der Waals surface area contributed by atoms with Crippen molar-refractivity contribution in [3.63, 3.8) is 0 Å². The highest BCUT2D eigenvalue weighted by Gasteiger charge is 2.17. The second-order valence-electron chi connectivity index (χ2n) is 3.68. The maximum absolute atomic E-state index is 11.7. The number of carbonyl (C=O) groups is 3. The van der Waals surface area contributed by atoms with E-state index in [4.69, 9.17) is 5.11 Å². The molecule has 96 valence electrons. The summed E-state index contributed by atoms with van der Waals surface area (Å²) in [6.45, 7) is 1.14. The van der Waals surface area contributed by atoms with Gasteiger partial charge in [-0.2, -0.15) is 0 Å². The predicted octanol–water partition coefficient (Wildman–Crippen LogP) is 0.484. The molecule has 1 rings (SSSR count). The highest BCUT2D eigenvalue weighted by Crippen LogP contribution is 2.18. The van der Waals surface area contributed by atoms with E-state index >= 15 is 0 Å². The van der Waals surface area contributed by atoms with E-state index in [1.165, 1.54) is 31.0 Å². The lowest BCUT2D eigenvalue weighted by atomic mass is 10.1. The number of likely N-dealkylation sites (N-methyl/N-ethyl adjacent to an activating group) is 1. The minimum atomic E-state index is -1.11. The van der Waals surface area contributed by atoms with Crippen molar-refractivity contribution in [1.82, 2.24) is 5.32 Å². The number of carboxylic acid groups (broad SMARTS) is 1. The third kappa shape index (κ3) is 3.31. The smallest absolute Gasteiger partial charge is 0.337 e. The maximum atomic E-state index is 11.7. The lowest BCUT2D eigenvalue weighted by molar-refractivity contribution is -0.123. The fraction of sp³-hybridized carbons (Fsp3) is 0.250. The number of carboxylic acids is 1. The van der Waals surface area contributed by atoms with Crippen molar-refractivity contribution in [3.05, 3.63) is 29.8 Å². The summed E-state index contributed by atoms with van der Waals surface area (Å²) in [7, 11) is 1.46. The van der Waals surface area contributed by atoms with Crippen LogP contribution >= 0.6 is 0 Å². The maximum Gasteiger partial charge on any atom is 0.337 e. The van der Waals surface area contributed by atoms with Gasteiger partial charge in [0.2, 0.25) is 11.8 Å². The van der Waals surface area contributed by atoms with Crippen LogP contribution in [0.1, 0.15) is 17.3 Å². The van der Waals surface area contributed by atoms with Crippen LogP contribution in [0.5, 0.6) is 0 Å². The summed E-state index contributed by atoms with van der Waals surface area (Å²) in [5, 5.41) is 11.4. The number of benzene rings is 1. The van der Waals surface area contributed by atoms with Crippen molar-refractivity contribution in [2.24, 2.45) is 0 Å². The van der Waals surface area contributed by atoms with Crippen molar-refractivity contribution >= 4 is 23.5 Å². The highest BCUT2D eigenvalue weighted by atomic mass is 16.4. The number of nitrogens with zero attached hydrogens (tertiary/aromatic N) is 1. The van der Waals surface area contributed by atoms with Gasteiger partial charge in [0, 0.05) is 14.0 Å². The van der Waals surface area contributed by atoms with Gasteiger partial charge in [-0.3, -0.25) is 9.59 Å². The highest BCUT2D eigenvalue weighted by molar-refractivity contribution is 6.02. The lowest BCUT2D eigenvalue weighted by Crippen LogP contribution is -2.37. The molecule has 0 aromatic heterocycles. The van der Waals surface area contributed by atoms with Crippen molar-refractivity contribution in [2.45, 2.75) is 6.92 Å². The molecule has 0 aliphatic carbocycles. The number of anilines is 1. The number of hydrogen-bond donors (Lipinski definition) is 2. The zero-order chi connectivity index (χ0) is 13.7. The molecule has 1 aromatic rings. The standard InChI is InChI=1S/C12H14N2O4/c1-8(15)13-7-11(16)14(2)10-6-4-3-5-9(10)12(17)18/h3-6H,7H2,1-2H3,(H,13,15)(H,17,18). The minimum Gasteiger partial charge on any atom is -0.478 e. The Morgan fingerprint density at radius 3 is 2.44 bits per heavy atom. The second kappa shape index (κ2) is 5.81. The fourth-order valence-electron chi connectivity index (χ4n) is 1.40. The summed E-state index contributed by atoms with van der Waals surface area (Å²) in [6, 6.07) is 6.18. The molecule has 0 heterocycles. The van der Waals surface area contributed by atoms with Gasteiger partial charge in [-0.1, -0.05) is 12.1 Å². The summed E-state index contributed by atoms with van der Waals surface area (Å²) in [5.41, 5.74) is 0.330. The normalized spacial score (nSPS) is 9.67. The summed E-state index contributed by atoms with van der Waals surface area (Å²) >= 11 is 0. The summed E-state index contributed by atoms with van der Waals surface area (Å²) in [4.78, 5) is 34.7. The molecular weight excluding hydrogens is 236 g/mol. The van der Waals surface area contributed by atoms with Gasteiger partial charge in [-0.05, 0) is 12.1 Å². The van der Waals surface area contributed by atoms with Crippen LogP contribution in [0, 0.1) is 0 Å². The topological polar surface area (TPSA) is 86.7 Å². The van der Waals surface area contributed by atoms with Crippen LogP contribution in [0.4, 0.5) is 5.69 Å². The van der Waals surface area contributed by atoms with Gasteiger partial charge in [0.05, 0.1) is 17.8 Å². The van der Waals surface area contributed by atoms with Crippen LogP contribution in [0.2, 0.25) is 0 Å². The average molecular weight is 250 g/mol. The van der Waals surface area contributed by atoms with Gasteiger partial charge in [-0.25, -0.2) is 4.79 Å². The molecule has 18 heavy (non-hydrogen) atoms. The van der Waals surface area contributed by atoms with Crippen LogP contribution in [0.25, 0.3) is 0 Å². The number of hydrogen-bond acceptors (Lipinski definition) is 3. The van der Waals surface area contributed by atoms with Crippen LogP contribution in [-0.4, -0.2) is 36.5 Å². The zero-order valence-corrected chi connectivity index (χ0v) is 10.1. The third-order valence-corrected chi connectivity index (χ3v) is 2.36. The van der Waals surface area contributed by atoms with Gasteiger partial charge < -0.3 is 15.3 Å². The molecule has 0 spiro atoms. The first-order chi connectivity index (χ1) is 8.43. The number of aromatic carboxylic acids is 1. The fourth-order valence-corrected chi connectivity index (χ4v) is 1.40. The number of amides is 2. The van der Waals surface area contributed by atoms with E-state index in [2.05, 4.69) is 5.32 Å². The minimum absolute atomic E-state index is 0.0381. The molecule has 2 N–H and O–H groups in total. The lowest BCUT2D eigenvalue weighted by Gasteiger charge is -2.19. The molecule has 2 amide bonds. The SMILES string of the molecule is CC(=O)NCC(=O)N(C)c1ccccc1C(=O)O. The predicted molar refractivity (Wildman–Crippen MR) is 65.5 cm³/mol. The van der Waals surface area contributed by atoms with Gasteiger partial charge >= 0.3 is 5.97 Å². The van der Waals surface area contributed by atoms with Crippen molar-refractivity contribution in [1.29, 1.82) is 0 Å². The quantitative estimate of drug-likeness (QED) is 0.813. The summed E-state index contributed by atoms with van der Waals surface area (Å²) < 4.78 is 0. The van der Waals surface area contributed by atoms with Crippen LogP contribution in [-0.2, 0) is 9.59 Å². The first-order valence-corrected chi connectivity index (χ1v) is 5.26. The second-order valence-corrected chi connectivity index (χ2v) is 3.68. The molecule has 0 radical (unpaired) electrons. The van der Waals surface area contributed by atoms with E-state index in [1.807, 2.05) is 0 Å². The van der Waals surface area contributed by atoms with Crippen molar-refractivity contribution < 1.29 is 19.5 Å². The number of nitrogens with one attached hydrogen (secondary N) is 1. The van der Waals surface area contributed by atoms with Crippen molar-refractivity contribution in [2.75, 3.05) is 18.5 Å². The van der Waals surface area contributed by atoms with Gasteiger partial charge in [0.25, 0.3) is 0 Å². The monoisotopic (exact) mass is 250 g/mol. The Hall–Kier alpha value is -2.37. The largest absolute Gasteiger partial charge is 0.478 e. The molecule has 1 aromatic carbocycles. The van der Waals surface area contributed by atoms with Crippen LogP contribution in [0.15, 0.2) is 24.3 Å². The summed E-state index contributed by atoms with van der Waals surface area (Å²) in [5.74, 6) is -1.81. The molecule has 0 aliphatic rings. The van der Waals surface area contributed by atoms with E-state index in [1.54, 1.807) is 12.1 Å². The Bertz CT molecular complexity index is 485. The van der Waals surface area contributed by atoms with E-state index < -0.39 is 5.97 Å². The Kier molecular flexibility index (Phi) is 4.42. The molecule has 0 unspecified atom stereocenters. The molecule has 6 heteroatoms. The first-order valence-electron chi connectivity index (χ1n) is 5.26. The summed E-state index contributed by atoms with van der Waals surface area (Å²) in [6.07, 6.45) is 0. The number of para-hydroxylation sites is 1. The molecule has 0 atom stereocenters. The molecule has 6 nitrogen and oxygen atoms in total. The molecule has 0 saturated carbocycles. The van der Waals surface area contributed by atoms with E-state index in [0.29, 0.717) is 5.69 Å². The molecular formula is C12H14N2O4. The zero-order valence-electron chi connectivity index (χ0n) is 10.1.